The van der Waals surface area contributed by atoms with Crippen molar-refractivity contribution in [2.24, 2.45) is 5.92 Å². The third kappa shape index (κ3) is 8.63. The van der Waals surface area contributed by atoms with Crippen LogP contribution in [0.15, 0.2) is 24.3 Å². The summed E-state index contributed by atoms with van der Waals surface area (Å²) in [7, 11) is 0. The zero-order valence-corrected chi connectivity index (χ0v) is 17.2. The molecule has 0 radical (unpaired) electrons. The van der Waals surface area contributed by atoms with Gasteiger partial charge in [-0.2, -0.15) is 0 Å². The van der Waals surface area contributed by atoms with Crippen molar-refractivity contribution >= 4 is 23.8 Å². The normalized spacial score (nSPS) is 11.3. The third-order valence-electron chi connectivity index (χ3n) is 3.77. The summed E-state index contributed by atoms with van der Waals surface area (Å²) in [6.07, 6.45) is 0.723. The Morgan fingerprint density at radius 2 is 1.69 bits per heavy atom. The standard InChI is InChI=1S/C20H29N3O6/c1-5-11-21-20(27)22-16(24)12-29-19(26)17(13(3)4)23-18(25)14-7-9-15(10-8-14)28-6-2/h7-10,13,17H,5-6,11-12H2,1-4H3,(H,23,25)(H2,21,22,24,27)/t17-/m0/s1. The van der Waals surface area contributed by atoms with Crippen molar-refractivity contribution in [3.63, 3.8) is 0 Å². The first-order valence-corrected chi connectivity index (χ1v) is 9.56. The maximum atomic E-state index is 12.4. The summed E-state index contributed by atoms with van der Waals surface area (Å²) < 4.78 is 10.3. The van der Waals surface area contributed by atoms with Crippen LogP contribution in [0, 0.1) is 5.92 Å². The predicted octanol–water partition coefficient (Wildman–Crippen LogP) is 1.62. The highest BCUT2D eigenvalue weighted by Crippen LogP contribution is 2.13. The molecule has 9 heteroatoms. The van der Waals surface area contributed by atoms with E-state index in [1.807, 2.05) is 13.8 Å². The van der Waals surface area contributed by atoms with Gasteiger partial charge in [-0.1, -0.05) is 20.8 Å². The van der Waals surface area contributed by atoms with Gasteiger partial charge in [0.2, 0.25) is 0 Å². The van der Waals surface area contributed by atoms with Crippen molar-refractivity contribution in [3.8, 4) is 5.75 Å². The van der Waals surface area contributed by atoms with Crippen LogP contribution in [0.4, 0.5) is 4.79 Å². The van der Waals surface area contributed by atoms with Crippen LogP contribution < -0.4 is 20.7 Å². The Labute approximate surface area is 170 Å². The number of hydrogen-bond acceptors (Lipinski definition) is 6. The van der Waals surface area contributed by atoms with Gasteiger partial charge in [-0.3, -0.25) is 14.9 Å². The molecule has 29 heavy (non-hydrogen) atoms. The number of hydrogen-bond donors (Lipinski definition) is 3. The highest BCUT2D eigenvalue weighted by atomic mass is 16.5. The topological polar surface area (TPSA) is 123 Å². The third-order valence-corrected chi connectivity index (χ3v) is 3.77. The van der Waals surface area contributed by atoms with Crippen LogP contribution in [-0.4, -0.2) is 49.6 Å². The molecule has 0 fully saturated rings. The Hall–Kier alpha value is -3.10. The number of ether oxygens (including phenoxy) is 2. The SMILES string of the molecule is CCCNC(=O)NC(=O)COC(=O)[C@@H](NC(=O)c1ccc(OCC)cc1)C(C)C. The van der Waals surface area contributed by atoms with E-state index in [2.05, 4.69) is 16.0 Å². The van der Waals surface area contributed by atoms with Gasteiger partial charge in [0.1, 0.15) is 11.8 Å². The average molecular weight is 407 g/mol. The van der Waals surface area contributed by atoms with Crippen LogP contribution in [0.2, 0.25) is 0 Å². The number of urea groups is 1. The van der Waals surface area contributed by atoms with Gasteiger partial charge in [-0.25, -0.2) is 9.59 Å². The Balaban J connectivity index is 2.60. The quantitative estimate of drug-likeness (QED) is 0.507. The zero-order valence-electron chi connectivity index (χ0n) is 17.2. The summed E-state index contributed by atoms with van der Waals surface area (Å²) in [5.41, 5.74) is 0.359. The molecule has 9 nitrogen and oxygen atoms in total. The molecule has 0 heterocycles. The molecule has 1 aromatic carbocycles. The minimum atomic E-state index is -0.948. The van der Waals surface area contributed by atoms with E-state index < -0.39 is 36.5 Å². The molecule has 4 amide bonds. The Morgan fingerprint density at radius 3 is 2.24 bits per heavy atom. The molecule has 0 aromatic heterocycles. The second-order valence-electron chi connectivity index (χ2n) is 6.56. The minimum Gasteiger partial charge on any atom is -0.494 e. The number of imide groups is 1. The molecule has 1 aromatic rings. The van der Waals surface area contributed by atoms with Crippen molar-refractivity contribution < 1.29 is 28.7 Å². The Bertz CT molecular complexity index is 703. The van der Waals surface area contributed by atoms with Gasteiger partial charge in [-0.05, 0) is 43.5 Å². The molecular formula is C20H29N3O6. The van der Waals surface area contributed by atoms with E-state index in [0.29, 0.717) is 24.5 Å². The molecule has 0 unspecified atom stereocenters. The van der Waals surface area contributed by atoms with Crippen molar-refractivity contribution in [2.75, 3.05) is 19.8 Å². The minimum absolute atomic E-state index is 0.273. The summed E-state index contributed by atoms with van der Waals surface area (Å²) in [6.45, 7) is 7.52. The maximum Gasteiger partial charge on any atom is 0.329 e. The largest absolute Gasteiger partial charge is 0.494 e. The van der Waals surface area contributed by atoms with Crippen LogP contribution in [0.5, 0.6) is 5.75 Å². The van der Waals surface area contributed by atoms with E-state index in [1.54, 1.807) is 38.1 Å². The number of carbonyl (C=O) groups is 4. The number of esters is 1. The van der Waals surface area contributed by atoms with Crippen LogP contribution in [0.1, 0.15) is 44.5 Å². The molecule has 0 spiro atoms. The molecule has 0 saturated carbocycles. The zero-order chi connectivity index (χ0) is 21.8. The van der Waals surface area contributed by atoms with E-state index in [1.165, 1.54) is 0 Å². The monoisotopic (exact) mass is 407 g/mol. The Kier molecular flexibility index (Phi) is 10.2. The molecule has 3 N–H and O–H groups in total. The molecule has 1 atom stereocenters. The first kappa shape index (κ1) is 23.9. The van der Waals surface area contributed by atoms with Gasteiger partial charge in [-0.15, -0.1) is 0 Å². The number of amides is 4. The fourth-order valence-corrected chi connectivity index (χ4v) is 2.26. The number of benzene rings is 1. The van der Waals surface area contributed by atoms with Crippen LogP contribution in [0.3, 0.4) is 0 Å². The van der Waals surface area contributed by atoms with Gasteiger partial charge >= 0.3 is 12.0 Å². The summed E-state index contributed by atoms with van der Waals surface area (Å²) >= 11 is 0. The summed E-state index contributed by atoms with van der Waals surface area (Å²) in [5.74, 6) is -1.61. The number of rotatable bonds is 10. The summed E-state index contributed by atoms with van der Waals surface area (Å²) in [4.78, 5) is 47.9. The van der Waals surface area contributed by atoms with E-state index in [9.17, 15) is 19.2 Å². The molecule has 0 bridgehead atoms. The Morgan fingerprint density at radius 1 is 1.03 bits per heavy atom. The number of carbonyl (C=O) groups excluding carboxylic acids is 4. The lowest BCUT2D eigenvalue weighted by Crippen LogP contribution is -2.47. The fraction of sp³-hybridized carbons (Fsp3) is 0.500. The highest BCUT2D eigenvalue weighted by molar-refractivity contribution is 5.98. The molecule has 1 rings (SSSR count). The first-order chi connectivity index (χ1) is 13.8. The van der Waals surface area contributed by atoms with Gasteiger partial charge in [0, 0.05) is 12.1 Å². The van der Waals surface area contributed by atoms with Gasteiger partial charge < -0.3 is 20.1 Å². The van der Waals surface area contributed by atoms with Crippen LogP contribution in [-0.2, 0) is 14.3 Å². The summed E-state index contributed by atoms with van der Waals surface area (Å²) in [6, 6.07) is 4.90. The molecule has 160 valence electrons. The predicted molar refractivity (Wildman–Crippen MR) is 106 cm³/mol. The van der Waals surface area contributed by atoms with Crippen molar-refractivity contribution in [1.82, 2.24) is 16.0 Å². The molecule has 0 aliphatic heterocycles. The molecular weight excluding hydrogens is 378 g/mol. The average Bonchev–Trinajstić information content (AvgIpc) is 2.69. The fourth-order valence-electron chi connectivity index (χ4n) is 2.26. The molecule has 0 aliphatic carbocycles. The lowest BCUT2D eigenvalue weighted by molar-refractivity contribution is -0.151. The van der Waals surface area contributed by atoms with Crippen LogP contribution in [0.25, 0.3) is 0 Å². The van der Waals surface area contributed by atoms with Crippen molar-refractivity contribution in [1.29, 1.82) is 0 Å². The van der Waals surface area contributed by atoms with E-state index in [0.717, 1.165) is 6.42 Å². The lowest BCUT2D eigenvalue weighted by Gasteiger charge is -2.20. The van der Waals surface area contributed by atoms with E-state index >= 15 is 0 Å². The van der Waals surface area contributed by atoms with Gasteiger partial charge in [0.25, 0.3) is 11.8 Å². The van der Waals surface area contributed by atoms with Crippen molar-refractivity contribution in [3.05, 3.63) is 29.8 Å². The summed E-state index contributed by atoms with van der Waals surface area (Å²) in [5, 5.41) is 7.14. The van der Waals surface area contributed by atoms with Gasteiger partial charge in [0.05, 0.1) is 6.61 Å². The second-order valence-corrected chi connectivity index (χ2v) is 6.56. The van der Waals surface area contributed by atoms with Crippen LogP contribution >= 0.6 is 0 Å². The van der Waals surface area contributed by atoms with Gasteiger partial charge in [0.15, 0.2) is 6.61 Å². The van der Waals surface area contributed by atoms with Crippen molar-refractivity contribution in [2.45, 2.75) is 40.2 Å². The van der Waals surface area contributed by atoms with E-state index in [-0.39, 0.29) is 5.92 Å². The van der Waals surface area contributed by atoms with E-state index in [4.69, 9.17) is 9.47 Å². The number of nitrogens with one attached hydrogen (secondary N) is 3. The smallest absolute Gasteiger partial charge is 0.329 e. The lowest BCUT2D eigenvalue weighted by atomic mass is 10.0. The first-order valence-electron chi connectivity index (χ1n) is 9.56. The maximum absolute atomic E-state index is 12.4. The molecule has 0 aliphatic rings. The molecule has 0 saturated heterocycles. The highest BCUT2D eigenvalue weighted by Gasteiger charge is 2.27. The second kappa shape index (κ2) is 12.4.